The average Bonchev–Trinajstić information content (AvgIpc) is 3.41. The zero-order chi connectivity index (χ0) is 23.5. The maximum absolute atomic E-state index is 14.4. The molecule has 2 aromatic carbocycles. The summed E-state index contributed by atoms with van der Waals surface area (Å²) in [7, 11) is 1.89. The number of benzene rings is 2. The number of anilines is 1. The van der Waals surface area contributed by atoms with Gasteiger partial charge in [-0.25, -0.2) is 4.39 Å². The number of rotatable bonds is 6. The number of nitrogens with one attached hydrogen (secondary N) is 1. The van der Waals surface area contributed by atoms with Gasteiger partial charge in [0.15, 0.2) is 0 Å². The fraction of sp³-hybridized carbons (Fsp3) is 0.333. The minimum Gasteiger partial charge on any atom is -0.391 e. The lowest BCUT2D eigenvalue weighted by atomic mass is 9.97. The minimum atomic E-state index is -0.711. The van der Waals surface area contributed by atoms with Crippen molar-refractivity contribution >= 4 is 17.5 Å². The van der Waals surface area contributed by atoms with Crippen molar-refractivity contribution < 1.29 is 19.1 Å². The van der Waals surface area contributed by atoms with Crippen molar-refractivity contribution in [2.24, 2.45) is 7.05 Å². The Morgan fingerprint density at radius 2 is 2.09 bits per heavy atom. The van der Waals surface area contributed by atoms with E-state index in [4.69, 9.17) is 0 Å². The molecule has 9 heteroatoms. The lowest BCUT2D eigenvalue weighted by molar-refractivity contribution is 0.0765. The summed E-state index contributed by atoms with van der Waals surface area (Å²) in [5.74, 6) is -0.705. The van der Waals surface area contributed by atoms with Gasteiger partial charge in [-0.1, -0.05) is 19.1 Å². The number of aliphatic hydroxyl groups is 1. The lowest BCUT2D eigenvalue weighted by Gasteiger charge is -2.16. The monoisotopic (exact) mass is 451 g/mol. The van der Waals surface area contributed by atoms with Gasteiger partial charge in [-0.05, 0) is 48.2 Å². The summed E-state index contributed by atoms with van der Waals surface area (Å²) in [6, 6.07) is 11.1. The number of carbonyl (C=O) groups excluding carboxylic acids is 2. The second kappa shape index (κ2) is 9.50. The molecule has 1 aliphatic rings. The van der Waals surface area contributed by atoms with E-state index in [1.165, 1.54) is 17.0 Å². The molecule has 1 fully saturated rings. The molecule has 3 aromatic rings. The number of hydrogen-bond donors (Lipinski definition) is 2. The molecule has 172 valence electrons. The highest BCUT2D eigenvalue weighted by atomic mass is 19.1. The Bertz CT molecular complexity index is 1180. The number of aryl methyl sites for hydroxylation is 1. The van der Waals surface area contributed by atoms with Crippen molar-refractivity contribution in [1.82, 2.24) is 19.7 Å². The van der Waals surface area contributed by atoms with Crippen LogP contribution in [-0.2, 0) is 13.5 Å². The normalized spacial score (nSPS) is 16.6. The van der Waals surface area contributed by atoms with Crippen LogP contribution in [0.5, 0.6) is 0 Å². The van der Waals surface area contributed by atoms with Crippen LogP contribution in [0.15, 0.2) is 48.8 Å². The van der Waals surface area contributed by atoms with Gasteiger partial charge in [0.1, 0.15) is 18.0 Å². The van der Waals surface area contributed by atoms with Crippen LogP contribution in [0.1, 0.15) is 51.4 Å². The second-order valence-electron chi connectivity index (χ2n) is 8.43. The Hall–Kier alpha value is -3.59. The van der Waals surface area contributed by atoms with Gasteiger partial charge < -0.3 is 19.9 Å². The summed E-state index contributed by atoms with van der Waals surface area (Å²) >= 11 is 0. The maximum Gasteiger partial charge on any atom is 0.258 e. The van der Waals surface area contributed by atoms with Crippen LogP contribution in [0.25, 0.3) is 0 Å². The van der Waals surface area contributed by atoms with Crippen molar-refractivity contribution in [3.05, 3.63) is 77.1 Å². The van der Waals surface area contributed by atoms with Gasteiger partial charge in [-0.2, -0.15) is 0 Å². The van der Waals surface area contributed by atoms with E-state index in [-0.39, 0.29) is 29.5 Å². The smallest absolute Gasteiger partial charge is 0.258 e. The number of halogens is 1. The Morgan fingerprint density at radius 1 is 1.27 bits per heavy atom. The fourth-order valence-corrected chi connectivity index (χ4v) is 3.95. The molecular weight excluding hydrogens is 425 g/mol. The van der Waals surface area contributed by atoms with Crippen LogP contribution in [-0.4, -0.2) is 55.8 Å². The molecule has 1 aromatic heterocycles. The molecule has 0 radical (unpaired) electrons. The van der Waals surface area contributed by atoms with Crippen LogP contribution < -0.4 is 5.32 Å². The van der Waals surface area contributed by atoms with E-state index in [0.29, 0.717) is 25.1 Å². The molecule has 2 N–H and O–H groups in total. The molecule has 0 spiro atoms. The highest BCUT2D eigenvalue weighted by molar-refractivity contribution is 6.06. The first-order valence-corrected chi connectivity index (χ1v) is 10.8. The molecule has 0 saturated carbocycles. The van der Waals surface area contributed by atoms with E-state index in [1.807, 2.05) is 29.8 Å². The first kappa shape index (κ1) is 22.6. The van der Waals surface area contributed by atoms with Gasteiger partial charge in [-0.3, -0.25) is 9.59 Å². The number of aliphatic hydroxyl groups excluding tert-OH is 1. The predicted molar refractivity (Wildman–Crippen MR) is 120 cm³/mol. The molecule has 4 rings (SSSR count). The molecule has 33 heavy (non-hydrogen) atoms. The van der Waals surface area contributed by atoms with Gasteiger partial charge in [0.2, 0.25) is 0 Å². The SMILES string of the molecule is C[C@H](Cc1nncn1C)c1cccc(NC(=O)c2cc(C(=O)N3CC[C@H](O)C3)ccc2F)c1. The highest BCUT2D eigenvalue weighted by Crippen LogP contribution is 2.23. The summed E-state index contributed by atoms with van der Waals surface area (Å²) < 4.78 is 16.3. The van der Waals surface area contributed by atoms with E-state index in [2.05, 4.69) is 22.4 Å². The van der Waals surface area contributed by atoms with Crippen LogP contribution >= 0.6 is 0 Å². The van der Waals surface area contributed by atoms with E-state index in [9.17, 15) is 19.1 Å². The van der Waals surface area contributed by atoms with Crippen molar-refractivity contribution in [2.45, 2.75) is 31.8 Å². The van der Waals surface area contributed by atoms with E-state index >= 15 is 0 Å². The molecule has 0 unspecified atom stereocenters. The molecular formula is C24H26FN5O3. The summed E-state index contributed by atoms with van der Waals surface area (Å²) in [5.41, 5.74) is 1.52. The third-order valence-electron chi connectivity index (χ3n) is 5.92. The van der Waals surface area contributed by atoms with Crippen molar-refractivity contribution in [1.29, 1.82) is 0 Å². The molecule has 2 amide bonds. The van der Waals surface area contributed by atoms with Crippen LogP contribution in [0, 0.1) is 5.82 Å². The predicted octanol–water partition coefficient (Wildman–Crippen LogP) is 2.76. The number of β-amino-alcohol motifs (C(OH)–C–C–N with tert-alkyl or cyclic N) is 1. The van der Waals surface area contributed by atoms with E-state index in [1.54, 1.807) is 12.4 Å². The van der Waals surface area contributed by atoms with Gasteiger partial charge >= 0.3 is 0 Å². The van der Waals surface area contributed by atoms with E-state index in [0.717, 1.165) is 17.5 Å². The maximum atomic E-state index is 14.4. The summed E-state index contributed by atoms with van der Waals surface area (Å²) in [6.07, 6.45) is 2.28. The Labute approximate surface area is 191 Å². The number of likely N-dealkylation sites (tertiary alicyclic amines) is 1. The van der Waals surface area contributed by atoms with Gasteiger partial charge in [-0.15, -0.1) is 10.2 Å². The number of amides is 2. The van der Waals surface area contributed by atoms with Crippen LogP contribution in [0.4, 0.5) is 10.1 Å². The topological polar surface area (TPSA) is 100 Å². The van der Waals surface area contributed by atoms with Crippen molar-refractivity contribution in [2.75, 3.05) is 18.4 Å². The molecule has 0 bridgehead atoms. The first-order valence-electron chi connectivity index (χ1n) is 10.8. The highest BCUT2D eigenvalue weighted by Gasteiger charge is 2.26. The zero-order valence-corrected chi connectivity index (χ0v) is 18.5. The quantitative estimate of drug-likeness (QED) is 0.600. The summed E-state index contributed by atoms with van der Waals surface area (Å²) in [6.45, 7) is 2.72. The van der Waals surface area contributed by atoms with Crippen LogP contribution in [0.3, 0.4) is 0 Å². The number of nitrogens with zero attached hydrogens (tertiary/aromatic N) is 4. The second-order valence-corrected chi connectivity index (χ2v) is 8.43. The third-order valence-corrected chi connectivity index (χ3v) is 5.92. The van der Waals surface area contributed by atoms with Gasteiger partial charge in [0.25, 0.3) is 11.8 Å². The first-order chi connectivity index (χ1) is 15.8. The Morgan fingerprint density at radius 3 is 2.79 bits per heavy atom. The van der Waals surface area contributed by atoms with Crippen molar-refractivity contribution in [3.63, 3.8) is 0 Å². The number of hydrogen-bond acceptors (Lipinski definition) is 5. The van der Waals surface area contributed by atoms with E-state index < -0.39 is 17.8 Å². The minimum absolute atomic E-state index is 0.123. The zero-order valence-electron chi connectivity index (χ0n) is 18.5. The summed E-state index contributed by atoms with van der Waals surface area (Å²) in [5, 5.41) is 20.4. The Kier molecular flexibility index (Phi) is 6.50. The third kappa shape index (κ3) is 5.09. The standard InChI is InChI=1S/C24H26FN5O3/c1-15(10-22-28-26-14-29(22)2)16-4-3-5-18(11-16)27-23(32)20-12-17(6-7-21(20)25)24(33)30-9-8-19(31)13-30/h3-7,11-12,14-15,19,31H,8-10,13H2,1-2H3,(H,27,32)/t15-,19+/m1/s1. The molecule has 2 atom stereocenters. The molecule has 1 aliphatic heterocycles. The molecule has 1 saturated heterocycles. The summed E-state index contributed by atoms with van der Waals surface area (Å²) in [4.78, 5) is 27.0. The average molecular weight is 452 g/mol. The van der Waals surface area contributed by atoms with Gasteiger partial charge in [0.05, 0.1) is 11.7 Å². The fourth-order valence-electron chi connectivity index (χ4n) is 3.95. The Balaban J connectivity index is 1.48. The molecule has 0 aliphatic carbocycles. The molecule has 2 heterocycles. The number of carbonyl (C=O) groups is 2. The van der Waals surface area contributed by atoms with Crippen LogP contribution in [0.2, 0.25) is 0 Å². The molecule has 8 nitrogen and oxygen atoms in total. The lowest BCUT2D eigenvalue weighted by Crippen LogP contribution is -2.29. The largest absolute Gasteiger partial charge is 0.391 e. The van der Waals surface area contributed by atoms with Gasteiger partial charge in [0, 0.05) is 37.8 Å². The number of aromatic nitrogens is 3. The van der Waals surface area contributed by atoms with Crippen molar-refractivity contribution in [3.8, 4) is 0 Å².